The summed E-state index contributed by atoms with van der Waals surface area (Å²) in [6, 6.07) is 4.08. The van der Waals surface area contributed by atoms with Crippen LogP contribution in [0.25, 0.3) is 0 Å². The summed E-state index contributed by atoms with van der Waals surface area (Å²) in [5.74, 6) is -0.503. The molecule has 2 aromatic rings. The Bertz CT molecular complexity index is 1040. The Hall–Kier alpha value is -3.30. The number of aromatic nitrogens is 2. The third-order valence-electron chi connectivity index (χ3n) is 3.47. The molecule has 0 saturated carbocycles. The summed E-state index contributed by atoms with van der Waals surface area (Å²) >= 11 is 0. The molecule has 2 rings (SSSR count). The third-order valence-corrected chi connectivity index (χ3v) is 4.49. The maximum Gasteiger partial charge on any atom is 0.422 e. The number of benzene rings is 1. The molecule has 0 atom stereocenters. The summed E-state index contributed by atoms with van der Waals surface area (Å²) in [5, 5.41) is 19.4. The molecule has 1 aromatic carbocycles. The summed E-state index contributed by atoms with van der Waals surface area (Å²) in [7, 11) is -4.13. The average Bonchev–Trinajstić information content (AvgIpc) is 3.13. The molecule has 0 radical (unpaired) electrons. The second kappa shape index (κ2) is 10.6. The van der Waals surface area contributed by atoms with Crippen molar-refractivity contribution in [2.24, 2.45) is 4.99 Å². The van der Waals surface area contributed by atoms with Crippen LogP contribution >= 0.6 is 0 Å². The van der Waals surface area contributed by atoms with E-state index in [9.17, 15) is 22.8 Å². The number of carbonyl (C=O) groups is 1. The van der Waals surface area contributed by atoms with Gasteiger partial charge in [-0.25, -0.2) is 23.5 Å². The normalized spacial score (nSPS) is 12.0. The number of hydrogen-bond acceptors (Lipinski definition) is 10. The van der Waals surface area contributed by atoms with Gasteiger partial charge in [0.2, 0.25) is 5.82 Å². The van der Waals surface area contributed by atoms with Crippen molar-refractivity contribution in [1.29, 1.82) is 0 Å². The van der Waals surface area contributed by atoms with Gasteiger partial charge in [0.15, 0.2) is 11.5 Å². The summed E-state index contributed by atoms with van der Waals surface area (Å²) in [5.41, 5.74) is 2.54. The largest absolute Gasteiger partial charge is 0.446 e. The molecule has 31 heavy (non-hydrogen) atoms. The van der Waals surface area contributed by atoms with Gasteiger partial charge in [-0.2, -0.15) is 13.1 Å². The van der Waals surface area contributed by atoms with Gasteiger partial charge in [0.1, 0.15) is 5.82 Å². The Balaban J connectivity index is 1.98. The van der Waals surface area contributed by atoms with Gasteiger partial charge in [-0.05, 0) is 54.8 Å². The number of amides is 1. The topological polar surface area (TPSA) is 180 Å². The molecule has 15 heteroatoms. The van der Waals surface area contributed by atoms with E-state index in [-0.39, 0.29) is 30.4 Å². The van der Waals surface area contributed by atoms with E-state index in [2.05, 4.69) is 34.7 Å². The number of hydrogen-bond donors (Lipinski definition) is 5. The van der Waals surface area contributed by atoms with Crippen LogP contribution in [0.4, 0.5) is 20.7 Å². The maximum atomic E-state index is 13.4. The van der Waals surface area contributed by atoms with Gasteiger partial charge in [0.05, 0.1) is 11.8 Å². The van der Waals surface area contributed by atoms with Crippen LogP contribution in [0.3, 0.4) is 0 Å². The van der Waals surface area contributed by atoms with Crippen LogP contribution in [0.2, 0.25) is 0 Å². The molecule has 0 bridgehead atoms. The van der Waals surface area contributed by atoms with Crippen LogP contribution in [0.5, 0.6) is 0 Å². The predicted molar refractivity (Wildman–Crippen MR) is 107 cm³/mol. The molecule has 0 fully saturated rings. The van der Waals surface area contributed by atoms with Gasteiger partial charge in [-0.1, -0.05) is 0 Å². The predicted octanol–water partition coefficient (Wildman–Crippen LogP) is 0.955. The van der Waals surface area contributed by atoms with Gasteiger partial charge in [0, 0.05) is 13.1 Å². The lowest BCUT2D eigenvalue weighted by Gasteiger charge is -2.11. The van der Waals surface area contributed by atoms with Crippen LogP contribution in [0.1, 0.15) is 25.1 Å². The molecule has 13 nitrogen and oxygen atoms in total. The quantitative estimate of drug-likeness (QED) is 0.157. The number of carbonyl (C=O) groups excluding carboxylic acids is 1. The Morgan fingerprint density at radius 3 is 2.71 bits per heavy atom. The third kappa shape index (κ3) is 7.47. The van der Waals surface area contributed by atoms with Crippen molar-refractivity contribution in [3.8, 4) is 0 Å². The van der Waals surface area contributed by atoms with Crippen molar-refractivity contribution in [2.45, 2.75) is 26.9 Å². The molecule has 1 aromatic heterocycles. The Morgan fingerprint density at radius 2 is 2.06 bits per heavy atom. The van der Waals surface area contributed by atoms with Crippen molar-refractivity contribution in [3.63, 3.8) is 0 Å². The smallest absolute Gasteiger partial charge is 0.422 e. The Kier molecular flexibility index (Phi) is 8.23. The molecule has 0 saturated heterocycles. The highest BCUT2D eigenvalue weighted by atomic mass is 32.2. The van der Waals surface area contributed by atoms with E-state index >= 15 is 0 Å². The zero-order valence-corrected chi connectivity index (χ0v) is 17.7. The van der Waals surface area contributed by atoms with Crippen LogP contribution in [-0.2, 0) is 14.9 Å². The number of aliphatic imine (C=N–C) groups is 1. The minimum atomic E-state index is -4.13. The molecule has 1 amide bonds. The van der Waals surface area contributed by atoms with Gasteiger partial charge in [0.25, 0.3) is 0 Å². The number of nitrogens with zero attached hydrogens (tertiary/aromatic N) is 3. The molecular formula is C16H22FN7O6S. The van der Waals surface area contributed by atoms with Gasteiger partial charge in [-0.3, -0.25) is 10.7 Å². The van der Waals surface area contributed by atoms with E-state index in [1.54, 1.807) is 25.5 Å². The monoisotopic (exact) mass is 459 g/mol. The number of rotatable bonds is 9. The second-order valence-electron chi connectivity index (χ2n) is 6.35. The molecule has 0 aliphatic rings. The first-order chi connectivity index (χ1) is 14.6. The van der Waals surface area contributed by atoms with E-state index in [1.807, 2.05) is 5.48 Å². The van der Waals surface area contributed by atoms with E-state index in [4.69, 9.17) is 0 Å². The number of nitrogens with one attached hydrogen (secondary N) is 4. The van der Waals surface area contributed by atoms with E-state index < -0.39 is 28.2 Å². The fraction of sp³-hybridized carbons (Fsp3) is 0.375. The van der Waals surface area contributed by atoms with Crippen molar-refractivity contribution >= 4 is 33.6 Å². The van der Waals surface area contributed by atoms with Crippen LogP contribution in [-0.4, -0.2) is 55.1 Å². The van der Waals surface area contributed by atoms with E-state index in [0.717, 1.165) is 0 Å². The molecule has 0 aliphatic carbocycles. The van der Waals surface area contributed by atoms with Crippen molar-refractivity contribution in [2.75, 3.05) is 18.4 Å². The molecule has 170 valence electrons. The molecule has 0 spiro atoms. The van der Waals surface area contributed by atoms with Crippen LogP contribution < -0.4 is 20.2 Å². The second-order valence-corrected chi connectivity index (χ2v) is 7.85. The average molecular weight is 459 g/mol. The molecule has 0 unspecified atom stereocenters. The highest BCUT2D eigenvalue weighted by Crippen LogP contribution is 2.19. The maximum absolute atomic E-state index is 13.4. The fourth-order valence-corrected chi connectivity index (χ4v) is 2.88. The standard InChI is InChI=1S/C16H22FN7O6S/c1-9(2)29-16(25)24-31(27,28)19-7-6-18-14-13(22-30-23-14)15(21-26)20-11-4-5-12(17)10(3)8-11/h4-5,8-9,19,26H,6-7H2,1-3H3,(H,18,23)(H,20,21)(H,24,25). The zero-order chi connectivity index (χ0) is 23.0. The first-order valence-corrected chi connectivity index (χ1v) is 10.4. The zero-order valence-electron chi connectivity index (χ0n) is 16.8. The molecule has 5 N–H and O–H groups in total. The van der Waals surface area contributed by atoms with Crippen molar-refractivity contribution in [1.82, 2.24) is 25.2 Å². The summed E-state index contributed by atoms with van der Waals surface area (Å²) in [6.07, 6.45) is -1.59. The van der Waals surface area contributed by atoms with Gasteiger partial charge >= 0.3 is 16.3 Å². The first-order valence-electron chi connectivity index (χ1n) is 8.91. The Morgan fingerprint density at radius 1 is 1.32 bits per heavy atom. The summed E-state index contributed by atoms with van der Waals surface area (Å²) in [6.45, 7) is 4.57. The number of amidine groups is 1. The van der Waals surface area contributed by atoms with Crippen molar-refractivity contribution in [3.05, 3.63) is 35.3 Å². The Labute approximate surface area is 177 Å². The molecular weight excluding hydrogens is 437 g/mol. The lowest BCUT2D eigenvalue weighted by Crippen LogP contribution is -2.42. The number of hydroxylamine groups is 1. The summed E-state index contributed by atoms with van der Waals surface area (Å²) in [4.78, 5) is 15.5. The summed E-state index contributed by atoms with van der Waals surface area (Å²) < 4.78 is 50.1. The fourth-order valence-electron chi connectivity index (χ4n) is 2.17. The lowest BCUT2D eigenvalue weighted by molar-refractivity contribution is 0.121. The number of anilines is 1. The van der Waals surface area contributed by atoms with Crippen LogP contribution in [0, 0.1) is 12.7 Å². The van der Waals surface area contributed by atoms with Gasteiger partial charge in [-0.15, -0.1) is 0 Å². The van der Waals surface area contributed by atoms with Crippen molar-refractivity contribution < 1.29 is 32.2 Å². The minimum Gasteiger partial charge on any atom is -0.446 e. The lowest BCUT2D eigenvalue weighted by atomic mass is 10.2. The number of aryl methyl sites for hydroxylation is 1. The first kappa shape index (κ1) is 24.0. The van der Waals surface area contributed by atoms with Crippen LogP contribution in [0.15, 0.2) is 27.8 Å². The number of halogens is 1. The molecule has 1 heterocycles. The molecule has 0 aliphatic heterocycles. The van der Waals surface area contributed by atoms with Gasteiger partial charge < -0.3 is 10.1 Å². The highest BCUT2D eigenvalue weighted by Gasteiger charge is 2.18. The minimum absolute atomic E-state index is 0.00836. The van der Waals surface area contributed by atoms with E-state index in [0.29, 0.717) is 11.3 Å². The highest BCUT2D eigenvalue weighted by molar-refractivity contribution is 7.88. The SMILES string of the molecule is Cc1cc(N=C(NO)c2nonc2NCCNS(=O)(=O)NC(=O)OC(C)C)ccc1F. The number of ether oxygens (including phenoxy) is 1. The van der Waals surface area contributed by atoms with E-state index in [1.165, 1.54) is 18.2 Å².